The second-order valence-electron chi connectivity index (χ2n) is 4.54. The summed E-state index contributed by atoms with van der Waals surface area (Å²) in [5.41, 5.74) is -0.408. The number of benzene rings is 2. The van der Waals surface area contributed by atoms with Crippen molar-refractivity contribution in [3.8, 4) is 0 Å². The van der Waals surface area contributed by atoms with Gasteiger partial charge in [-0.25, -0.2) is 4.39 Å². The van der Waals surface area contributed by atoms with Crippen molar-refractivity contribution in [1.29, 1.82) is 0 Å². The van der Waals surface area contributed by atoms with E-state index in [2.05, 4.69) is 0 Å². The van der Waals surface area contributed by atoms with Crippen molar-refractivity contribution in [1.82, 2.24) is 0 Å². The lowest BCUT2D eigenvalue weighted by Gasteiger charge is -2.22. The Morgan fingerprint density at radius 2 is 1.71 bits per heavy atom. The van der Waals surface area contributed by atoms with Gasteiger partial charge in [-0.05, 0) is 35.9 Å². The minimum absolute atomic E-state index is 0.195. The highest BCUT2D eigenvalue weighted by Gasteiger charge is 2.33. The topological polar surface area (TPSA) is 23.5 Å². The van der Waals surface area contributed by atoms with Crippen LogP contribution in [0.2, 0.25) is 0 Å². The Balaban J connectivity index is 2.45. The van der Waals surface area contributed by atoms with Crippen LogP contribution in [0, 0.1) is 5.82 Å². The molecule has 2 nitrogen and oxygen atoms in total. The molecule has 0 heterocycles. The average Bonchev–Trinajstić information content (AvgIpc) is 2.45. The van der Waals surface area contributed by atoms with E-state index in [1.165, 1.54) is 35.2 Å². The van der Waals surface area contributed by atoms with Crippen LogP contribution in [0.5, 0.6) is 0 Å². The van der Waals surface area contributed by atoms with E-state index in [4.69, 9.17) is 5.11 Å². The first kappa shape index (κ1) is 15.3. The number of halogens is 4. The normalized spacial score (nSPS) is 11.5. The molecule has 21 heavy (non-hydrogen) atoms. The molecule has 1 N–H and O–H groups in total. The van der Waals surface area contributed by atoms with Crippen LogP contribution in [0.3, 0.4) is 0 Å². The van der Waals surface area contributed by atoms with Crippen LogP contribution in [-0.4, -0.2) is 12.2 Å². The summed E-state index contributed by atoms with van der Waals surface area (Å²) in [5, 5.41) is 9.00. The second kappa shape index (κ2) is 5.73. The molecule has 0 amide bonds. The third-order valence-electron chi connectivity index (χ3n) is 3.15. The Hall–Kier alpha value is -2.08. The van der Waals surface area contributed by atoms with Crippen molar-refractivity contribution in [3.63, 3.8) is 0 Å². The predicted octanol–water partition coefficient (Wildman–Crippen LogP) is 4.10. The van der Waals surface area contributed by atoms with Crippen LogP contribution in [0.15, 0.2) is 42.5 Å². The minimum atomic E-state index is -4.56. The highest BCUT2D eigenvalue weighted by molar-refractivity contribution is 5.64. The first-order chi connectivity index (χ1) is 9.82. The molecule has 0 aliphatic carbocycles. The number of nitrogens with zero attached hydrogens (tertiary/aromatic N) is 1. The monoisotopic (exact) mass is 299 g/mol. The Kier molecular flexibility index (Phi) is 4.18. The van der Waals surface area contributed by atoms with E-state index < -0.39 is 24.2 Å². The van der Waals surface area contributed by atoms with Crippen molar-refractivity contribution in [3.05, 3.63) is 59.4 Å². The number of anilines is 2. The zero-order valence-corrected chi connectivity index (χ0v) is 11.2. The number of aliphatic hydroxyl groups is 1. The Bertz CT molecular complexity index is 640. The molecular formula is C15H13F4NO. The Labute approximate surface area is 119 Å². The van der Waals surface area contributed by atoms with E-state index in [0.717, 1.165) is 6.07 Å². The fourth-order valence-electron chi connectivity index (χ4n) is 2.01. The molecule has 0 bridgehead atoms. The van der Waals surface area contributed by atoms with E-state index in [-0.39, 0.29) is 11.3 Å². The molecule has 0 radical (unpaired) electrons. The van der Waals surface area contributed by atoms with Crippen molar-refractivity contribution >= 4 is 11.4 Å². The molecule has 6 heteroatoms. The van der Waals surface area contributed by atoms with Gasteiger partial charge in [0.15, 0.2) is 0 Å². The lowest BCUT2D eigenvalue weighted by Crippen LogP contribution is -2.14. The van der Waals surface area contributed by atoms with Crippen LogP contribution < -0.4 is 4.90 Å². The fourth-order valence-corrected chi connectivity index (χ4v) is 2.01. The van der Waals surface area contributed by atoms with Gasteiger partial charge in [0, 0.05) is 18.4 Å². The van der Waals surface area contributed by atoms with Crippen molar-refractivity contribution in [2.75, 3.05) is 11.9 Å². The first-order valence-electron chi connectivity index (χ1n) is 6.13. The maximum Gasteiger partial charge on any atom is 0.416 e. The van der Waals surface area contributed by atoms with E-state index in [1.807, 2.05) is 0 Å². The van der Waals surface area contributed by atoms with Gasteiger partial charge in [0.05, 0.1) is 12.2 Å². The lowest BCUT2D eigenvalue weighted by atomic mass is 10.1. The third kappa shape index (κ3) is 3.33. The maximum absolute atomic E-state index is 13.2. The zero-order chi connectivity index (χ0) is 15.6. The molecule has 0 unspecified atom stereocenters. The van der Waals surface area contributed by atoms with Gasteiger partial charge in [-0.3, -0.25) is 0 Å². The molecule has 0 fully saturated rings. The zero-order valence-electron chi connectivity index (χ0n) is 11.2. The van der Waals surface area contributed by atoms with Crippen LogP contribution in [0.1, 0.15) is 11.1 Å². The van der Waals surface area contributed by atoms with Gasteiger partial charge in [0.1, 0.15) is 5.82 Å². The Morgan fingerprint density at radius 1 is 1.05 bits per heavy atom. The van der Waals surface area contributed by atoms with Gasteiger partial charge in [-0.1, -0.05) is 12.1 Å². The van der Waals surface area contributed by atoms with E-state index >= 15 is 0 Å². The molecule has 0 saturated carbocycles. The number of hydrogen-bond donors (Lipinski definition) is 1. The summed E-state index contributed by atoms with van der Waals surface area (Å²) in [6.07, 6.45) is -4.56. The molecule has 0 aromatic heterocycles. The average molecular weight is 299 g/mol. The van der Waals surface area contributed by atoms with Crippen molar-refractivity contribution in [2.24, 2.45) is 0 Å². The van der Waals surface area contributed by atoms with E-state index in [9.17, 15) is 17.6 Å². The third-order valence-corrected chi connectivity index (χ3v) is 3.15. The van der Waals surface area contributed by atoms with Gasteiger partial charge in [-0.2, -0.15) is 13.2 Å². The lowest BCUT2D eigenvalue weighted by molar-refractivity contribution is -0.138. The predicted molar refractivity (Wildman–Crippen MR) is 71.8 cm³/mol. The SMILES string of the molecule is CN(c1cccc(F)c1)c1ccc(CO)c(C(F)(F)F)c1. The minimum Gasteiger partial charge on any atom is -0.392 e. The van der Waals surface area contributed by atoms with Gasteiger partial charge >= 0.3 is 6.18 Å². The molecule has 0 atom stereocenters. The van der Waals surface area contributed by atoms with E-state index in [0.29, 0.717) is 5.69 Å². The number of hydrogen-bond acceptors (Lipinski definition) is 2. The fraction of sp³-hybridized carbons (Fsp3) is 0.200. The number of alkyl halides is 3. The van der Waals surface area contributed by atoms with Crippen LogP contribution in [0.4, 0.5) is 28.9 Å². The summed E-state index contributed by atoms with van der Waals surface area (Å²) in [4.78, 5) is 1.44. The molecule has 112 valence electrons. The number of rotatable bonds is 3. The molecule has 0 aliphatic heterocycles. The summed E-state index contributed by atoms with van der Waals surface area (Å²) < 4.78 is 52.1. The summed E-state index contributed by atoms with van der Waals surface area (Å²) in [6, 6.07) is 9.17. The van der Waals surface area contributed by atoms with Gasteiger partial charge in [0.25, 0.3) is 0 Å². The standard InChI is InChI=1S/C15H13F4NO/c1-20(12-4-2-3-11(16)7-12)13-6-5-10(9-21)14(8-13)15(17,18)19/h2-8,21H,9H2,1H3. The van der Waals surface area contributed by atoms with E-state index in [1.54, 1.807) is 13.1 Å². The van der Waals surface area contributed by atoms with Gasteiger partial charge in [0.2, 0.25) is 0 Å². The molecule has 2 rings (SSSR count). The van der Waals surface area contributed by atoms with Crippen LogP contribution in [0.25, 0.3) is 0 Å². The van der Waals surface area contributed by atoms with Gasteiger partial charge < -0.3 is 10.0 Å². The van der Waals surface area contributed by atoms with Crippen LogP contribution in [-0.2, 0) is 12.8 Å². The quantitative estimate of drug-likeness (QED) is 0.862. The highest BCUT2D eigenvalue weighted by Crippen LogP contribution is 2.36. The molecule has 0 aliphatic rings. The maximum atomic E-state index is 13.2. The summed E-state index contributed by atoms with van der Waals surface area (Å²) >= 11 is 0. The largest absolute Gasteiger partial charge is 0.416 e. The second-order valence-corrected chi connectivity index (χ2v) is 4.54. The smallest absolute Gasteiger partial charge is 0.392 e. The molecular weight excluding hydrogens is 286 g/mol. The van der Waals surface area contributed by atoms with Crippen LogP contribution >= 0.6 is 0 Å². The molecule has 0 spiro atoms. The Morgan fingerprint density at radius 3 is 2.29 bits per heavy atom. The molecule has 0 saturated heterocycles. The summed E-state index contributed by atoms with van der Waals surface area (Å²) in [7, 11) is 1.54. The summed E-state index contributed by atoms with van der Waals surface area (Å²) in [5.74, 6) is -0.470. The van der Waals surface area contributed by atoms with Crippen molar-refractivity contribution < 1.29 is 22.7 Å². The molecule has 2 aromatic carbocycles. The highest BCUT2D eigenvalue weighted by atomic mass is 19.4. The summed E-state index contributed by atoms with van der Waals surface area (Å²) in [6.45, 7) is -0.696. The van der Waals surface area contributed by atoms with Crippen molar-refractivity contribution in [2.45, 2.75) is 12.8 Å². The first-order valence-corrected chi connectivity index (χ1v) is 6.13. The number of aliphatic hydroxyl groups excluding tert-OH is 1. The molecule has 2 aromatic rings. The van der Waals surface area contributed by atoms with Gasteiger partial charge in [-0.15, -0.1) is 0 Å².